The number of hydrogen-bond acceptors (Lipinski definition) is 10. The summed E-state index contributed by atoms with van der Waals surface area (Å²) in [6.07, 6.45) is 3.93. The van der Waals surface area contributed by atoms with Crippen LogP contribution in [0.5, 0.6) is 0 Å². The molecule has 2 aliphatic heterocycles. The van der Waals surface area contributed by atoms with Crippen LogP contribution in [0.15, 0.2) is 97.3 Å². The van der Waals surface area contributed by atoms with Crippen molar-refractivity contribution in [2.75, 3.05) is 27.3 Å². The van der Waals surface area contributed by atoms with Crippen molar-refractivity contribution in [3.8, 4) is 33.8 Å². The highest BCUT2D eigenvalue weighted by molar-refractivity contribution is 5.89. The van der Waals surface area contributed by atoms with E-state index in [1.807, 2.05) is 84.9 Å². The first-order chi connectivity index (χ1) is 29.6. The Morgan fingerprint density at radius 2 is 1.30 bits per heavy atom. The number of methoxy groups -OCH3 is 2. The fraction of sp³-hybridized carbons (Fsp3) is 0.311. The number of alkyl carbamates (subject to hydrolysis) is 2. The molecule has 0 saturated carbocycles. The zero-order valence-electron chi connectivity index (χ0n) is 34.0. The molecule has 0 aliphatic carbocycles. The number of nitrogens with one attached hydrogen (secondary N) is 4. The minimum atomic E-state index is -1.14. The van der Waals surface area contributed by atoms with Crippen molar-refractivity contribution in [3.05, 3.63) is 115 Å². The number of carbonyl (C=O) groups excluding carboxylic acids is 4. The normalized spacial score (nSPS) is 17.8. The van der Waals surface area contributed by atoms with Crippen LogP contribution < -0.4 is 10.6 Å². The Morgan fingerprint density at radius 3 is 1.92 bits per heavy atom. The summed E-state index contributed by atoms with van der Waals surface area (Å²) in [7, 11) is 2.48. The van der Waals surface area contributed by atoms with Crippen LogP contribution in [0.3, 0.4) is 0 Å². The number of rotatable bonds is 11. The Bertz CT molecular complexity index is 2540. The number of likely N-dealkylation sites (tertiary alicyclic amines) is 2. The molecule has 5 N–H and O–H groups in total. The van der Waals surface area contributed by atoms with Crippen LogP contribution in [0, 0.1) is 0 Å². The lowest BCUT2D eigenvalue weighted by Crippen LogP contribution is -2.53. The predicted molar refractivity (Wildman–Crippen MR) is 225 cm³/mol. The summed E-state index contributed by atoms with van der Waals surface area (Å²) in [6.45, 7) is 2.47. The van der Waals surface area contributed by atoms with Gasteiger partial charge in [0, 0.05) is 29.6 Å². The van der Waals surface area contributed by atoms with Crippen LogP contribution in [0.25, 0.3) is 44.7 Å². The summed E-state index contributed by atoms with van der Waals surface area (Å²) in [4.78, 5) is 76.0. The molecular formula is C45H47N9O7. The van der Waals surface area contributed by atoms with E-state index in [2.05, 4.69) is 30.3 Å². The number of aliphatic hydroxyl groups excluding tert-OH is 1. The van der Waals surface area contributed by atoms with E-state index in [1.54, 1.807) is 22.2 Å². The molecule has 3 aromatic heterocycles. The number of pyridine rings is 1. The van der Waals surface area contributed by atoms with E-state index in [9.17, 15) is 24.3 Å². The van der Waals surface area contributed by atoms with Gasteiger partial charge in [-0.2, -0.15) is 0 Å². The summed E-state index contributed by atoms with van der Waals surface area (Å²) in [6, 6.07) is 24.6. The summed E-state index contributed by atoms with van der Waals surface area (Å²) < 4.78 is 9.48. The van der Waals surface area contributed by atoms with Crippen molar-refractivity contribution in [3.63, 3.8) is 0 Å². The Labute approximate surface area is 351 Å². The average molecular weight is 826 g/mol. The summed E-state index contributed by atoms with van der Waals surface area (Å²) in [5.41, 5.74) is 6.71. The maximum atomic E-state index is 13.9. The van der Waals surface area contributed by atoms with Crippen molar-refractivity contribution in [2.24, 2.45) is 0 Å². The molecule has 2 aliphatic rings. The second-order valence-electron chi connectivity index (χ2n) is 15.3. The molecule has 0 radical (unpaired) electrons. The van der Waals surface area contributed by atoms with Gasteiger partial charge in [-0.3, -0.25) is 9.59 Å². The second kappa shape index (κ2) is 17.6. The van der Waals surface area contributed by atoms with E-state index < -0.39 is 36.3 Å². The topological polar surface area (TPSA) is 208 Å². The molecular weight excluding hydrogens is 779 g/mol. The van der Waals surface area contributed by atoms with Gasteiger partial charge in [-0.1, -0.05) is 66.7 Å². The first-order valence-corrected chi connectivity index (χ1v) is 20.3. The zero-order valence-corrected chi connectivity index (χ0v) is 34.0. The van der Waals surface area contributed by atoms with Crippen molar-refractivity contribution >= 4 is 34.9 Å². The van der Waals surface area contributed by atoms with Gasteiger partial charge in [0.2, 0.25) is 5.91 Å². The molecule has 0 unspecified atom stereocenters. The summed E-state index contributed by atoms with van der Waals surface area (Å²) in [5.74, 6) is 0.690. The number of ether oxygens (including phenoxy) is 2. The number of benzene rings is 3. The number of amides is 4. The minimum Gasteiger partial charge on any atom is -0.453 e. The van der Waals surface area contributed by atoms with Gasteiger partial charge in [0.1, 0.15) is 23.7 Å². The van der Waals surface area contributed by atoms with Crippen LogP contribution in [0.4, 0.5) is 9.59 Å². The monoisotopic (exact) mass is 825 g/mol. The van der Waals surface area contributed by atoms with E-state index in [0.29, 0.717) is 36.7 Å². The van der Waals surface area contributed by atoms with E-state index in [-0.39, 0.29) is 18.0 Å². The van der Waals surface area contributed by atoms with Gasteiger partial charge in [0.25, 0.3) is 5.91 Å². The Kier molecular flexibility index (Phi) is 11.8. The molecule has 6 aromatic rings. The van der Waals surface area contributed by atoms with Gasteiger partial charge in [0.05, 0.1) is 67.4 Å². The molecule has 61 heavy (non-hydrogen) atoms. The third kappa shape index (κ3) is 8.52. The lowest BCUT2D eigenvalue weighted by Gasteiger charge is -2.29. The number of carbonyl (C=O) groups is 4. The molecule has 16 nitrogen and oxygen atoms in total. The van der Waals surface area contributed by atoms with Crippen LogP contribution >= 0.6 is 0 Å². The quantitative estimate of drug-likeness (QED) is 0.0998. The number of hydrogen-bond donors (Lipinski definition) is 5. The van der Waals surface area contributed by atoms with E-state index >= 15 is 0 Å². The molecule has 0 spiro atoms. The standard InChI is InChI=1S/C45H47N9O7/c1-26(55)38(51-44(58)60-2)42(56)53-21-7-11-36(53)41-47-25-35(50-41)31-18-20-33-30(23-31)17-19-32(48-33)27-13-15-28(16-14-27)34-24-46-40(49-34)37-12-8-22-54(37)43(57)39(52-45(59)61-3)29-9-5-4-6-10-29/h4-6,9-10,13-20,23-26,36-39,55H,7-8,11-12,21-22H2,1-3H3,(H,46,49)(H,47,50)(H,51,58)(H,52,59)/t26-,36+,37+,38+,39-/m1/s1. The van der Waals surface area contributed by atoms with Crippen molar-refractivity contribution < 1.29 is 33.8 Å². The second-order valence-corrected chi connectivity index (χ2v) is 15.3. The lowest BCUT2D eigenvalue weighted by atomic mass is 10.0. The molecule has 2 fully saturated rings. The molecule has 3 aromatic carbocycles. The van der Waals surface area contributed by atoms with E-state index in [4.69, 9.17) is 14.7 Å². The van der Waals surface area contributed by atoms with Crippen LogP contribution in [0.1, 0.15) is 67.9 Å². The number of aliphatic hydroxyl groups is 1. The zero-order chi connectivity index (χ0) is 42.6. The number of H-pyrrole nitrogens is 2. The molecule has 0 bridgehead atoms. The molecule has 2 saturated heterocycles. The average Bonchev–Trinajstić information content (AvgIpc) is 4.14. The third-order valence-corrected chi connectivity index (χ3v) is 11.4. The number of aromatic amines is 2. The van der Waals surface area contributed by atoms with Crippen molar-refractivity contribution in [1.29, 1.82) is 0 Å². The summed E-state index contributed by atoms with van der Waals surface area (Å²) >= 11 is 0. The van der Waals surface area contributed by atoms with E-state index in [1.165, 1.54) is 21.1 Å². The largest absolute Gasteiger partial charge is 0.453 e. The molecule has 16 heteroatoms. The first-order valence-electron chi connectivity index (χ1n) is 20.3. The smallest absolute Gasteiger partial charge is 0.407 e. The molecule has 5 atom stereocenters. The number of imidazole rings is 2. The van der Waals surface area contributed by atoms with Crippen LogP contribution in [-0.4, -0.2) is 103 Å². The highest BCUT2D eigenvalue weighted by atomic mass is 16.5. The number of aromatic nitrogens is 5. The van der Waals surface area contributed by atoms with E-state index in [0.717, 1.165) is 63.9 Å². The summed E-state index contributed by atoms with van der Waals surface area (Å²) in [5, 5.41) is 16.4. The fourth-order valence-electron chi connectivity index (χ4n) is 8.24. The van der Waals surface area contributed by atoms with Gasteiger partial charge in [0.15, 0.2) is 0 Å². The molecule has 5 heterocycles. The highest BCUT2D eigenvalue weighted by Gasteiger charge is 2.39. The Hall–Kier alpha value is -7.07. The number of nitrogens with zero attached hydrogens (tertiary/aromatic N) is 5. The molecule has 314 valence electrons. The maximum Gasteiger partial charge on any atom is 0.407 e. The van der Waals surface area contributed by atoms with Crippen molar-refractivity contribution in [2.45, 2.75) is 62.9 Å². The SMILES string of the molecule is COC(=O)N[C@H](C(=O)N1CCC[C@H]1c1ncc(-c2ccc3nc(-c4ccc(-c5cnc([C@@H]6CCCN6C(=O)[C@H](NC(=O)OC)c6ccccc6)[nH]5)cc4)ccc3c2)[nH]1)[C@@H](C)O. The van der Waals surface area contributed by atoms with Gasteiger partial charge in [-0.25, -0.2) is 24.5 Å². The molecule has 8 rings (SSSR count). The Morgan fingerprint density at radius 1 is 0.721 bits per heavy atom. The first kappa shape index (κ1) is 40.7. The minimum absolute atomic E-state index is 0.224. The third-order valence-electron chi connectivity index (χ3n) is 11.4. The predicted octanol–water partition coefficient (Wildman–Crippen LogP) is 6.21. The molecule has 4 amide bonds. The van der Waals surface area contributed by atoms with Gasteiger partial charge >= 0.3 is 12.2 Å². The van der Waals surface area contributed by atoms with Crippen LogP contribution in [-0.2, 0) is 19.1 Å². The maximum absolute atomic E-state index is 13.9. The van der Waals surface area contributed by atoms with Gasteiger partial charge in [-0.15, -0.1) is 0 Å². The van der Waals surface area contributed by atoms with Gasteiger partial charge < -0.3 is 45.0 Å². The lowest BCUT2D eigenvalue weighted by molar-refractivity contribution is -0.137. The van der Waals surface area contributed by atoms with Gasteiger partial charge in [-0.05, 0) is 61.9 Å². The number of fused-ring (bicyclic) bond motifs is 1. The fourth-order valence-corrected chi connectivity index (χ4v) is 8.24. The van der Waals surface area contributed by atoms with Crippen LogP contribution in [0.2, 0.25) is 0 Å². The Balaban J connectivity index is 0.942. The highest BCUT2D eigenvalue weighted by Crippen LogP contribution is 2.36. The van der Waals surface area contributed by atoms with Crippen molar-refractivity contribution in [1.82, 2.24) is 45.4 Å².